The number of carbonyl (C=O) groups excluding carboxylic acids is 4. The summed E-state index contributed by atoms with van der Waals surface area (Å²) >= 11 is 0. The van der Waals surface area contributed by atoms with E-state index in [1.807, 2.05) is 0 Å². The fraction of sp³-hybridized carbons (Fsp3) is 0.316. The second-order valence-electron chi connectivity index (χ2n) is 6.21. The SMILES string of the molecule is CCOC(=O)c1cnn(C)c1NC(=O)CCCN1C(=O)c2ccccc2C1=O. The number of carbonyl (C=O) groups is 4. The molecule has 0 unspecified atom stereocenters. The van der Waals surface area contributed by atoms with Crippen molar-refractivity contribution >= 4 is 29.5 Å². The predicted molar refractivity (Wildman–Crippen MR) is 98.8 cm³/mol. The van der Waals surface area contributed by atoms with Gasteiger partial charge in [-0.1, -0.05) is 12.1 Å². The number of nitrogens with zero attached hydrogens (tertiary/aromatic N) is 3. The predicted octanol–water partition coefficient (Wildman–Crippen LogP) is 1.61. The van der Waals surface area contributed by atoms with Crippen LogP contribution >= 0.6 is 0 Å². The number of esters is 1. The summed E-state index contributed by atoms with van der Waals surface area (Å²) in [6.45, 7) is 2.03. The van der Waals surface area contributed by atoms with Crippen LogP contribution in [0.25, 0.3) is 0 Å². The molecule has 2 heterocycles. The molecule has 0 aliphatic carbocycles. The van der Waals surface area contributed by atoms with Gasteiger partial charge in [0.15, 0.2) is 0 Å². The number of benzene rings is 1. The largest absolute Gasteiger partial charge is 0.462 e. The molecule has 1 aliphatic heterocycles. The van der Waals surface area contributed by atoms with Crippen molar-refractivity contribution < 1.29 is 23.9 Å². The van der Waals surface area contributed by atoms with Crippen molar-refractivity contribution in [3.8, 4) is 0 Å². The molecule has 9 heteroatoms. The molecule has 0 saturated heterocycles. The van der Waals surface area contributed by atoms with Gasteiger partial charge in [-0.15, -0.1) is 0 Å². The van der Waals surface area contributed by atoms with E-state index >= 15 is 0 Å². The molecule has 3 rings (SSSR count). The minimum atomic E-state index is -0.572. The third kappa shape index (κ3) is 3.64. The molecule has 0 fully saturated rings. The fourth-order valence-corrected chi connectivity index (χ4v) is 2.98. The van der Waals surface area contributed by atoms with Gasteiger partial charge in [-0.3, -0.25) is 24.0 Å². The highest BCUT2D eigenvalue weighted by molar-refractivity contribution is 6.21. The topological polar surface area (TPSA) is 111 Å². The normalized spacial score (nSPS) is 12.9. The van der Waals surface area contributed by atoms with E-state index in [0.29, 0.717) is 17.5 Å². The van der Waals surface area contributed by atoms with Crippen LogP contribution in [0.5, 0.6) is 0 Å². The van der Waals surface area contributed by atoms with E-state index in [2.05, 4.69) is 10.4 Å². The van der Waals surface area contributed by atoms with Gasteiger partial charge < -0.3 is 10.1 Å². The summed E-state index contributed by atoms with van der Waals surface area (Å²) in [5.74, 6) is -1.39. The summed E-state index contributed by atoms with van der Waals surface area (Å²) in [6.07, 6.45) is 1.69. The Kier molecular flexibility index (Phi) is 5.53. The van der Waals surface area contributed by atoms with Crippen LogP contribution < -0.4 is 5.32 Å². The number of anilines is 1. The molecule has 2 aromatic rings. The maximum Gasteiger partial charge on any atom is 0.343 e. The molecule has 0 saturated carbocycles. The Balaban J connectivity index is 1.57. The number of hydrogen-bond donors (Lipinski definition) is 1. The van der Waals surface area contributed by atoms with Crippen LogP contribution in [0, 0.1) is 0 Å². The Labute approximate surface area is 161 Å². The smallest absolute Gasteiger partial charge is 0.343 e. The highest BCUT2D eigenvalue weighted by atomic mass is 16.5. The van der Waals surface area contributed by atoms with E-state index in [1.165, 1.54) is 10.9 Å². The van der Waals surface area contributed by atoms with Crippen molar-refractivity contribution in [2.24, 2.45) is 7.05 Å². The van der Waals surface area contributed by atoms with Crippen molar-refractivity contribution in [3.05, 3.63) is 47.2 Å². The van der Waals surface area contributed by atoms with Crippen LogP contribution in [-0.4, -0.2) is 51.5 Å². The van der Waals surface area contributed by atoms with E-state index < -0.39 is 5.97 Å². The first-order chi connectivity index (χ1) is 13.4. The van der Waals surface area contributed by atoms with Crippen LogP contribution in [0.2, 0.25) is 0 Å². The highest BCUT2D eigenvalue weighted by Crippen LogP contribution is 2.23. The quantitative estimate of drug-likeness (QED) is 0.574. The standard InChI is InChI=1S/C19H20N4O5/c1-3-28-19(27)14-11-20-22(2)16(14)21-15(24)9-6-10-23-17(25)12-7-4-5-8-13(12)18(23)26/h4-5,7-8,11H,3,6,9-10H2,1-2H3,(H,21,24). The Morgan fingerprint density at radius 3 is 2.39 bits per heavy atom. The molecule has 1 aromatic carbocycles. The van der Waals surface area contributed by atoms with E-state index in [9.17, 15) is 19.2 Å². The summed E-state index contributed by atoms with van der Waals surface area (Å²) in [5, 5.41) is 6.60. The van der Waals surface area contributed by atoms with Crippen LogP contribution in [-0.2, 0) is 16.6 Å². The van der Waals surface area contributed by atoms with Gasteiger partial charge in [0.1, 0.15) is 11.4 Å². The van der Waals surface area contributed by atoms with Gasteiger partial charge in [0.25, 0.3) is 11.8 Å². The molecular weight excluding hydrogens is 364 g/mol. The fourth-order valence-electron chi connectivity index (χ4n) is 2.98. The van der Waals surface area contributed by atoms with Crippen molar-refractivity contribution in [1.82, 2.24) is 14.7 Å². The van der Waals surface area contributed by atoms with Crippen molar-refractivity contribution in [3.63, 3.8) is 0 Å². The van der Waals surface area contributed by atoms with Crippen molar-refractivity contribution in [1.29, 1.82) is 0 Å². The number of imide groups is 1. The second kappa shape index (κ2) is 8.03. The summed E-state index contributed by atoms with van der Waals surface area (Å²) in [6, 6.07) is 6.63. The van der Waals surface area contributed by atoms with Crippen molar-refractivity contribution in [2.45, 2.75) is 19.8 Å². The molecule has 1 aromatic heterocycles. The molecule has 0 bridgehead atoms. The van der Waals surface area contributed by atoms with Crippen molar-refractivity contribution in [2.75, 3.05) is 18.5 Å². The molecule has 0 atom stereocenters. The Bertz CT molecular complexity index is 915. The van der Waals surface area contributed by atoms with Gasteiger partial charge in [0.2, 0.25) is 5.91 Å². The van der Waals surface area contributed by atoms with Gasteiger partial charge in [0, 0.05) is 20.0 Å². The summed E-state index contributed by atoms with van der Waals surface area (Å²) in [4.78, 5) is 49.9. The molecule has 1 N–H and O–H groups in total. The minimum absolute atomic E-state index is 0.0703. The van der Waals surface area contributed by atoms with Gasteiger partial charge in [0.05, 0.1) is 23.9 Å². The molecule has 28 heavy (non-hydrogen) atoms. The van der Waals surface area contributed by atoms with Gasteiger partial charge in [-0.2, -0.15) is 5.10 Å². The Morgan fingerprint density at radius 2 is 1.79 bits per heavy atom. The molecule has 3 amide bonds. The Hall–Kier alpha value is -3.49. The lowest BCUT2D eigenvalue weighted by Gasteiger charge is -2.13. The number of aromatic nitrogens is 2. The van der Waals surface area contributed by atoms with Crippen LogP contribution in [0.15, 0.2) is 30.5 Å². The van der Waals surface area contributed by atoms with Gasteiger partial charge in [-0.05, 0) is 25.5 Å². The number of amides is 3. The summed E-state index contributed by atoms with van der Waals surface area (Å²) < 4.78 is 6.31. The zero-order valence-corrected chi connectivity index (χ0v) is 15.6. The lowest BCUT2D eigenvalue weighted by atomic mass is 10.1. The van der Waals surface area contributed by atoms with E-state index in [0.717, 1.165) is 4.90 Å². The zero-order valence-electron chi connectivity index (χ0n) is 15.6. The van der Waals surface area contributed by atoms with Crippen LogP contribution in [0.1, 0.15) is 50.8 Å². The van der Waals surface area contributed by atoms with E-state index in [4.69, 9.17) is 4.74 Å². The molecule has 9 nitrogen and oxygen atoms in total. The number of aryl methyl sites for hydroxylation is 1. The number of fused-ring (bicyclic) bond motifs is 1. The van der Waals surface area contributed by atoms with Gasteiger partial charge >= 0.3 is 5.97 Å². The minimum Gasteiger partial charge on any atom is -0.462 e. The third-order valence-corrected chi connectivity index (χ3v) is 4.36. The molecule has 0 radical (unpaired) electrons. The number of rotatable bonds is 7. The lowest BCUT2D eigenvalue weighted by molar-refractivity contribution is -0.116. The molecule has 0 spiro atoms. The molecular formula is C19H20N4O5. The van der Waals surface area contributed by atoms with Crippen LogP contribution in [0.3, 0.4) is 0 Å². The first kappa shape index (κ1) is 19.3. The maximum atomic E-state index is 12.3. The summed E-state index contributed by atoms with van der Waals surface area (Å²) in [5.41, 5.74) is 0.926. The average molecular weight is 384 g/mol. The molecule has 146 valence electrons. The molecule has 1 aliphatic rings. The Morgan fingerprint density at radius 1 is 1.14 bits per heavy atom. The first-order valence-electron chi connectivity index (χ1n) is 8.88. The monoisotopic (exact) mass is 384 g/mol. The summed E-state index contributed by atoms with van der Waals surface area (Å²) in [7, 11) is 1.59. The maximum absolute atomic E-state index is 12.3. The number of ether oxygens (including phenoxy) is 1. The number of hydrogen-bond acceptors (Lipinski definition) is 6. The lowest BCUT2D eigenvalue weighted by Crippen LogP contribution is -2.31. The second-order valence-corrected chi connectivity index (χ2v) is 6.21. The highest BCUT2D eigenvalue weighted by Gasteiger charge is 2.34. The van der Waals surface area contributed by atoms with Crippen LogP contribution in [0.4, 0.5) is 5.82 Å². The van der Waals surface area contributed by atoms with E-state index in [1.54, 1.807) is 38.2 Å². The first-order valence-corrected chi connectivity index (χ1v) is 8.88. The van der Waals surface area contributed by atoms with Gasteiger partial charge in [-0.25, -0.2) is 4.79 Å². The average Bonchev–Trinajstić information content (AvgIpc) is 3.15. The third-order valence-electron chi connectivity index (χ3n) is 4.36. The number of nitrogens with one attached hydrogen (secondary N) is 1. The zero-order chi connectivity index (χ0) is 20.3. The van der Waals surface area contributed by atoms with E-state index in [-0.39, 0.29) is 48.7 Å².